The Kier molecular flexibility index (Phi) is 3.49. The molecular formula is C12H16N4OS. The molecule has 0 aliphatic carbocycles. The van der Waals surface area contributed by atoms with Gasteiger partial charge in [-0.25, -0.2) is 10.8 Å². The van der Waals surface area contributed by atoms with Gasteiger partial charge in [-0.15, -0.1) is 11.3 Å². The molecule has 2 heterocycles. The van der Waals surface area contributed by atoms with Crippen LogP contribution in [0.25, 0.3) is 10.7 Å². The maximum atomic E-state index is 11.7. The fourth-order valence-corrected chi connectivity index (χ4v) is 2.50. The zero-order valence-electron chi connectivity index (χ0n) is 10.4. The number of aromatic nitrogens is 2. The number of amides is 1. The van der Waals surface area contributed by atoms with Crippen molar-refractivity contribution in [2.75, 3.05) is 0 Å². The molecule has 1 amide bonds. The first-order valence-corrected chi connectivity index (χ1v) is 6.48. The zero-order chi connectivity index (χ0) is 13.2. The smallest absolute Gasteiger partial charge is 0.241 e. The van der Waals surface area contributed by atoms with E-state index in [4.69, 9.17) is 5.84 Å². The van der Waals surface area contributed by atoms with E-state index in [0.29, 0.717) is 6.54 Å². The van der Waals surface area contributed by atoms with Crippen molar-refractivity contribution in [2.24, 2.45) is 11.3 Å². The van der Waals surface area contributed by atoms with E-state index in [-0.39, 0.29) is 5.91 Å². The Balaban J connectivity index is 2.26. The molecule has 0 aliphatic rings. The number of thiophene rings is 1. The largest absolute Gasteiger partial charge is 0.329 e. The fourth-order valence-electron chi connectivity index (χ4n) is 1.76. The summed E-state index contributed by atoms with van der Waals surface area (Å²) in [5, 5.41) is 2.01. The lowest BCUT2D eigenvalue weighted by atomic mass is 9.92. The summed E-state index contributed by atoms with van der Waals surface area (Å²) >= 11 is 1.63. The molecule has 96 valence electrons. The first-order valence-electron chi connectivity index (χ1n) is 5.60. The number of nitrogens with two attached hydrogens (primary N) is 1. The number of nitrogens with one attached hydrogen (secondary N) is 1. The van der Waals surface area contributed by atoms with Gasteiger partial charge in [0.25, 0.3) is 0 Å². The molecule has 2 aromatic heterocycles. The number of hydrazine groups is 1. The van der Waals surface area contributed by atoms with Crippen LogP contribution in [0.3, 0.4) is 0 Å². The van der Waals surface area contributed by atoms with Crippen LogP contribution in [-0.4, -0.2) is 15.5 Å². The Morgan fingerprint density at radius 1 is 1.61 bits per heavy atom. The minimum absolute atomic E-state index is 0.187. The molecule has 0 aliphatic heterocycles. The van der Waals surface area contributed by atoms with Crippen molar-refractivity contribution >= 4 is 17.2 Å². The van der Waals surface area contributed by atoms with E-state index < -0.39 is 5.41 Å². The Morgan fingerprint density at radius 2 is 2.39 bits per heavy atom. The Hall–Kier alpha value is -1.66. The maximum Gasteiger partial charge on any atom is 0.241 e. The molecular weight excluding hydrogens is 248 g/mol. The van der Waals surface area contributed by atoms with Crippen molar-refractivity contribution in [1.29, 1.82) is 0 Å². The van der Waals surface area contributed by atoms with Crippen molar-refractivity contribution in [3.63, 3.8) is 0 Å². The lowest BCUT2D eigenvalue weighted by Gasteiger charge is -2.23. The van der Waals surface area contributed by atoms with Crippen molar-refractivity contribution in [3.8, 4) is 10.7 Å². The topological polar surface area (TPSA) is 72.9 Å². The first-order chi connectivity index (χ1) is 8.54. The molecule has 2 aromatic rings. The molecule has 0 bridgehead atoms. The number of nitrogens with zero attached hydrogens (tertiary/aromatic N) is 2. The Bertz CT molecular complexity index is 530. The molecule has 0 saturated carbocycles. The molecule has 3 N–H and O–H groups in total. The predicted octanol–water partition coefficient (Wildman–Crippen LogP) is 1.63. The zero-order valence-corrected chi connectivity index (χ0v) is 11.2. The normalized spacial score (nSPS) is 11.5. The highest BCUT2D eigenvalue weighted by molar-refractivity contribution is 7.13. The number of hydrogen-bond donors (Lipinski definition) is 2. The molecule has 18 heavy (non-hydrogen) atoms. The third-order valence-electron chi connectivity index (χ3n) is 2.77. The van der Waals surface area contributed by atoms with E-state index >= 15 is 0 Å². The van der Waals surface area contributed by atoms with Gasteiger partial charge in [-0.3, -0.25) is 10.2 Å². The summed E-state index contributed by atoms with van der Waals surface area (Å²) in [4.78, 5) is 17.1. The second kappa shape index (κ2) is 4.91. The molecule has 0 atom stereocenters. The minimum Gasteiger partial charge on any atom is -0.329 e. The Morgan fingerprint density at radius 3 is 3.00 bits per heavy atom. The standard InChI is InChI=1S/C12H16N4OS/c1-12(2,11(17)15-13)8-16-6-5-14-10(16)9-4-3-7-18-9/h3-7H,8,13H2,1-2H3,(H,15,17). The van der Waals surface area contributed by atoms with E-state index in [9.17, 15) is 4.79 Å². The summed E-state index contributed by atoms with van der Waals surface area (Å²) in [6.07, 6.45) is 3.62. The summed E-state index contributed by atoms with van der Waals surface area (Å²) < 4.78 is 1.97. The highest BCUT2D eigenvalue weighted by Gasteiger charge is 2.28. The third-order valence-corrected chi connectivity index (χ3v) is 3.63. The summed E-state index contributed by atoms with van der Waals surface area (Å²) in [7, 11) is 0. The van der Waals surface area contributed by atoms with Crippen LogP contribution in [0.5, 0.6) is 0 Å². The van der Waals surface area contributed by atoms with E-state index in [2.05, 4.69) is 10.4 Å². The average Bonchev–Trinajstić information content (AvgIpc) is 2.97. The van der Waals surface area contributed by atoms with Crippen LogP contribution < -0.4 is 11.3 Å². The molecule has 0 spiro atoms. The van der Waals surface area contributed by atoms with E-state index in [0.717, 1.165) is 10.7 Å². The van der Waals surface area contributed by atoms with E-state index in [1.54, 1.807) is 17.5 Å². The van der Waals surface area contributed by atoms with Gasteiger partial charge in [0.05, 0.1) is 10.3 Å². The van der Waals surface area contributed by atoms with Crippen LogP contribution in [0.4, 0.5) is 0 Å². The summed E-state index contributed by atoms with van der Waals surface area (Å²) in [6.45, 7) is 4.24. The van der Waals surface area contributed by atoms with Crippen molar-refractivity contribution in [1.82, 2.24) is 15.0 Å². The first kappa shape index (κ1) is 12.8. The van der Waals surface area contributed by atoms with Crippen LogP contribution in [0.1, 0.15) is 13.8 Å². The minimum atomic E-state index is -0.582. The van der Waals surface area contributed by atoms with Gasteiger partial charge in [0, 0.05) is 18.9 Å². The van der Waals surface area contributed by atoms with Crippen LogP contribution >= 0.6 is 11.3 Å². The van der Waals surface area contributed by atoms with Gasteiger partial charge in [-0.1, -0.05) is 6.07 Å². The maximum absolute atomic E-state index is 11.7. The highest BCUT2D eigenvalue weighted by atomic mass is 32.1. The van der Waals surface area contributed by atoms with Gasteiger partial charge in [-0.2, -0.15) is 0 Å². The Labute approximate surface area is 110 Å². The molecule has 6 heteroatoms. The van der Waals surface area contributed by atoms with E-state index in [1.165, 1.54) is 0 Å². The third kappa shape index (κ3) is 2.44. The second-order valence-electron chi connectivity index (χ2n) is 4.71. The van der Waals surface area contributed by atoms with Crippen LogP contribution in [0.15, 0.2) is 29.9 Å². The van der Waals surface area contributed by atoms with Gasteiger partial charge in [0.15, 0.2) is 0 Å². The van der Waals surface area contributed by atoms with Crippen LogP contribution in [-0.2, 0) is 11.3 Å². The number of carbonyl (C=O) groups is 1. The van der Waals surface area contributed by atoms with Crippen molar-refractivity contribution in [2.45, 2.75) is 20.4 Å². The fraction of sp³-hybridized carbons (Fsp3) is 0.333. The molecule has 0 fully saturated rings. The molecule has 0 radical (unpaired) electrons. The molecule has 0 unspecified atom stereocenters. The monoisotopic (exact) mass is 264 g/mol. The lowest BCUT2D eigenvalue weighted by molar-refractivity contribution is -0.130. The van der Waals surface area contributed by atoms with Gasteiger partial charge < -0.3 is 4.57 Å². The SMILES string of the molecule is CC(C)(Cn1ccnc1-c1cccs1)C(=O)NN. The lowest BCUT2D eigenvalue weighted by Crippen LogP contribution is -2.43. The van der Waals surface area contributed by atoms with Crippen molar-refractivity contribution < 1.29 is 4.79 Å². The highest BCUT2D eigenvalue weighted by Crippen LogP contribution is 2.26. The van der Waals surface area contributed by atoms with Gasteiger partial charge in [0.2, 0.25) is 5.91 Å². The average molecular weight is 264 g/mol. The number of hydrogen-bond acceptors (Lipinski definition) is 4. The quantitative estimate of drug-likeness (QED) is 0.501. The van der Waals surface area contributed by atoms with Gasteiger partial charge >= 0.3 is 0 Å². The molecule has 0 aromatic carbocycles. The number of rotatable bonds is 4. The van der Waals surface area contributed by atoms with Gasteiger partial charge in [0.1, 0.15) is 5.82 Å². The van der Waals surface area contributed by atoms with Crippen LogP contribution in [0.2, 0.25) is 0 Å². The van der Waals surface area contributed by atoms with E-state index in [1.807, 2.05) is 42.1 Å². The molecule has 2 rings (SSSR count). The summed E-state index contributed by atoms with van der Waals surface area (Å²) in [6, 6.07) is 4.00. The molecule has 5 nitrogen and oxygen atoms in total. The molecule has 0 saturated heterocycles. The number of carbonyl (C=O) groups excluding carboxylic acids is 1. The second-order valence-corrected chi connectivity index (χ2v) is 5.66. The summed E-state index contributed by atoms with van der Waals surface area (Å²) in [5.74, 6) is 5.89. The number of imidazole rings is 1. The van der Waals surface area contributed by atoms with Gasteiger partial charge in [-0.05, 0) is 25.3 Å². The summed E-state index contributed by atoms with van der Waals surface area (Å²) in [5.41, 5.74) is 1.62. The van der Waals surface area contributed by atoms with Crippen molar-refractivity contribution in [3.05, 3.63) is 29.9 Å². The van der Waals surface area contributed by atoms with Crippen LogP contribution in [0, 0.1) is 5.41 Å². The predicted molar refractivity (Wildman–Crippen MR) is 71.7 cm³/mol.